The third kappa shape index (κ3) is 3.06. The zero-order valence-electron chi connectivity index (χ0n) is 10.8. The summed E-state index contributed by atoms with van der Waals surface area (Å²) in [6.45, 7) is 0. The first-order valence-electron chi connectivity index (χ1n) is 5.92. The van der Waals surface area contributed by atoms with Crippen molar-refractivity contribution in [3.05, 3.63) is 59.2 Å². The maximum Gasteiger partial charge on any atom is 0.417 e. The monoisotopic (exact) mass is 315 g/mol. The first-order chi connectivity index (χ1) is 10.1. The van der Waals surface area contributed by atoms with Crippen LogP contribution in [0.2, 0.25) is 0 Å². The van der Waals surface area contributed by atoms with Crippen LogP contribution in [-0.2, 0) is 12.4 Å². The van der Waals surface area contributed by atoms with Crippen molar-refractivity contribution in [1.29, 1.82) is 5.26 Å². The van der Waals surface area contributed by atoms with Crippen molar-refractivity contribution in [3.63, 3.8) is 0 Å². The minimum Gasteiger partial charge on any atom is -0.192 e. The van der Waals surface area contributed by atoms with Gasteiger partial charge in [0.25, 0.3) is 0 Å². The standard InChI is InChI=1S/C15H7F6N/c16-14(17,18)11-5-1-3-9(7-11)13-10(8-22)4-2-6-12(13)15(19,20)21/h1-7H. The van der Waals surface area contributed by atoms with Crippen molar-refractivity contribution in [3.8, 4) is 17.2 Å². The van der Waals surface area contributed by atoms with Crippen LogP contribution in [0, 0.1) is 11.3 Å². The minimum atomic E-state index is -4.78. The highest BCUT2D eigenvalue weighted by atomic mass is 19.4. The van der Waals surface area contributed by atoms with Gasteiger partial charge < -0.3 is 0 Å². The Balaban J connectivity index is 2.75. The molecule has 0 spiro atoms. The zero-order valence-corrected chi connectivity index (χ0v) is 10.8. The SMILES string of the molecule is N#Cc1cccc(C(F)(F)F)c1-c1cccc(C(F)(F)F)c1. The highest BCUT2D eigenvalue weighted by Gasteiger charge is 2.36. The molecule has 0 bridgehead atoms. The fourth-order valence-electron chi connectivity index (χ4n) is 2.04. The lowest BCUT2D eigenvalue weighted by Gasteiger charge is -2.15. The Morgan fingerprint density at radius 3 is 2.00 bits per heavy atom. The van der Waals surface area contributed by atoms with Crippen LogP contribution in [0.3, 0.4) is 0 Å². The van der Waals surface area contributed by atoms with Gasteiger partial charge in [-0.05, 0) is 29.8 Å². The Labute approximate surface area is 121 Å². The van der Waals surface area contributed by atoms with E-state index in [1.54, 1.807) is 6.07 Å². The van der Waals surface area contributed by atoms with E-state index in [1.807, 2.05) is 0 Å². The molecule has 1 nitrogen and oxygen atoms in total. The summed E-state index contributed by atoms with van der Waals surface area (Å²) < 4.78 is 77.3. The normalized spacial score (nSPS) is 12.0. The summed E-state index contributed by atoms with van der Waals surface area (Å²) in [5.74, 6) is 0. The number of halogens is 6. The zero-order chi connectivity index (χ0) is 16.5. The summed E-state index contributed by atoms with van der Waals surface area (Å²) >= 11 is 0. The van der Waals surface area contributed by atoms with Crippen LogP contribution < -0.4 is 0 Å². The van der Waals surface area contributed by atoms with E-state index in [-0.39, 0.29) is 11.1 Å². The van der Waals surface area contributed by atoms with Gasteiger partial charge in [-0.15, -0.1) is 0 Å². The summed E-state index contributed by atoms with van der Waals surface area (Å²) in [5, 5.41) is 8.96. The lowest BCUT2D eigenvalue weighted by atomic mass is 9.93. The number of hydrogen-bond donors (Lipinski definition) is 0. The predicted molar refractivity (Wildman–Crippen MR) is 66.6 cm³/mol. The van der Waals surface area contributed by atoms with Gasteiger partial charge in [0, 0.05) is 5.56 Å². The Morgan fingerprint density at radius 2 is 1.45 bits per heavy atom. The molecule has 0 fully saturated rings. The predicted octanol–water partition coefficient (Wildman–Crippen LogP) is 5.26. The number of nitriles is 1. The van der Waals surface area contributed by atoms with Gasteiger partial charge >= 0.3 is 12.4 Å². The lowest BCUT2D eigenvalue weighted by molar-refractivity contribution is -0.137. The molecule has 2 aromatic rings. The van der Waals surface area contributed by atoms with Gasteiger partial charge in [-0.2, -0.15) is 31.6 Å². The molecule has 0 amide bonds. The van der Waals surface area contributed by atoms with E-state index in [0.717, 1.165) is 36.4 Å². The Morgan fingerprint density at radius 1 is 0.818 bits per heavy atom. The van der Waals surface area contributed by atoms with Crippen LogP contribution in [0.25, 0.3) is 11.1 Å². The molecule has 22 heavy (non-hydrogen) atoms. The van der Waals surface area contributed by atoms with Gasteiger partial charge in [-0.3, -0.25) is 0 Å². The summed E-state index contributed by atoms with van der Waals surface area (Å²) in [5.41, 5.74) is -3.42. The van der Waals surface area contributed by atoms with Crippen molar-refractivity contribution >= 4 is 0 Å². The smallest absolute Gasteiger partial charge is 0.192 e. The molecule has 0 aliphatic carbocycles. The van der Waals surface area contributed by atoms with E-state index in [4.69, 9.17) is 5.26 Å². The molecule has 0 radical (unpaired) electrons. The van der Waals surface area contributed by atoms with Crippen molar-refractivity contribution in [2.24, 2.45) is 0 Å². The highest BCUT2D eigenvalue weighted by Crippen LogP contribution is 2.40. The van der Waals surface area contributed by atoms with Crippen LogP contribution in [0.5, 0.6) is 0 Å². The van der Waals surface area contributed by atoms with Gasteiger partial charge in [0.2, 0.25) is 0 Å². The number of rotatable bonds is 1. The largest absolute Gasteiger partial charge is 0.417 e. The summed E-state index contributed by atoms with van der Waals surface area (Å²) in [6, 6.07) is 7.96. The molecule has 0 saturated heterocycles. The third-order valence-electron chi connectivity index (χ3n) is 2.97. The summed E-state index contributed by atoms with van der Waals surface area (Å²) in [6.07, 6.45) is -9.47. The second kappa shape index (κ2) is 5.37. The topological polar surface area (TPSA) is 23.8 Å². The van der Waals surface area contributed by atoms with Gasteiger partial charge in [0.15, 0.2) is 0 Å². The maximum absolute atomic E-state index is 13.1. The Hall–Kier alpha value is -2.49. The number of benzene rings is 2. The van der Waals surface area contributed by atoms with E-state index in [1.165, 1.54) is 0 Å². The van der Waals surface area contributed by atoms with Gasteiger partial charge in [-0.1, -0.05) is 18.2 Å². The van der Waals surface area contributed by atoms with Gasteiger partial charge in [-0.25, -0.2) is 0 Å². The molecule has 0 atom stereocenters. The van der Waals surface area contributed by atoms with Crippen molar-refractivity contribution in [2.45, 2.75) is 12.4 Å². The van der Waals surface area contributed by atoms with Gasteiger partial charge in [0.1, 0.15) is 0 Å². The summed E-state index contributed by atoms with van der Waals surface area (Å²) in [4.78, 5) is 0. The van der Waals surface area contributed by atoms with Gasteiger partial charge in [0.05, 0.1) is 22.8 Å². The first-order valence-corrected chi connectivity index (χ1v) is 5.92. The molecule has 0 heterocycles. The van der Waals surface area contributed by atoms with E-state index < -0.39 is 29.0 Å². The van der Waals surface area contributed by atoms with Crippen LogP contribution in [0.1, 0.15) is 16.7 Å². The Kier molecular flexibility index (Phi) is 3.88. The number of nitrogens with zero attached hydrogens (tertiary/aromatic N) is 1. The molecule has 0 aliphatic heterocycles. The van der Waals surface area contributed by atoms with Crippen LogP contribution >= 0.6 is 0 Å². The van der Waals surface area contributed by atoms with Crippen molar-refractivity contribution < 1.29 is 26.3 Å². The molecule has 2 aromatic carbocycles. The molecule has 114 valence electrons. The molecule has 0 aromatic heterocycles. The molecule has 0 N–H and O–H groups in total. The van der Waals surface area contributed by atoms with E-state index in [0.29, 0.717) is 6.07 Å². The molecular weight excluding hydrogens is 308 g/mol. The molecular formula is C15H7F6N. The first kappa shape index (κ1) is 15.9. The molecule has 0 saturated carbocycles. The van der Waals surface area contributed by atoms with Crippen LogP contribution in [-0.4, -0.2) is 0 Å². The molecule has 0 aliphatic rings. The van der Waals surface area contributed by atoms with E-state index in [2.05, 4.69) is 0 Å². The summed E-state index contributed by atoms with van der Waals surface area (Å²) in [7, 11) is 0. The number of alkyl halides is 6. The van der Waals surface area contributed by atoms with Crippen LogP contribution in [0.15, 0.2) is 42.5 Å². The number of hydrogen-bond acceptors (Lipinski definition) is 1. The average molecular weight is 315 g/mol. The van der Waals surface area contributed by atoms with Crippen molar-refractivity contribution in [2.75, 3.05) is 0 Å². The third-order valence-corrected chi connectivity index (χ3v) is 2.97. The molecule has 7 heteroatoms. The second-order valence-electron chi connectivity index (χ2n) is 4.42. The fourth-order valence-corrected chi connectivity index (χ4v) is 2.04. The minimum absolute atomic E-state index is 0.306. The van der Waals surface area contributed by atoms with Crippen molar-refractivity contribution in [1.82, 2.24) is 0 Å². The quantitative estimate of drug-likeness (QED) is 0.658. The Bertz CT molecular complexity index is 737. The lowest BCUT2D eigenvalue weighted by Crippen LogP contribution is -2.09. The second-order valence-corrected chi connectivity index (χ2v) is 4.42. The highest BCUT2D eigenvalue weighted by molar-refractivity contribution is 5.75. The maximum atomic E-state index is 13.1. The molecule has 2 rings (SSSR count). The molecule has 0 unspecified atom stereocenters. The van der Waals surface area contributed by atoms with E-state index in [9.17, 15) is 26.3 Å². The van der Waals surface area contributed by atoms with E-state index >= 15 is 0 Å². The van der Waals surface area contributed by atoms with Crippen LogP contribution in [0.4, 0.5) is 26.3 Å². The fraction of sp³-hybridized carbons (Fsp3) is 0.133. The average Bonchev–Trinajstić information content (AvgIpc) is 2.44.